The van der Waals surface area contributed by atoms with E-state index in [1.165, 1.54) is 38.5 Å². The molecule has 0 aromatic rings. The molecule has 0 aliphatic carbocycles. The Labute approximate surface area is 233 Å². The van der Waals surface area contributed by atoms with Gasteiger partial charge < -0.3 is 39.0 Å². The van der Waals surface area contributed by atoms with Gasteiger partial charge in [-0.15, -0.1) is 0 Å². The Morgan fingerprint density at radius 3 is 1.77 bits per heavy atom. The highest BCUT2D eigenvalue weighted by Gasteiger charge is 2.62. The highest BCUT2D eigenvalue weighted by Crippen LogP contribution is 2.29. The molecule has 1 fully saturated rings. The van der Waals surface area contributed by atoms with Gasteiger partial charge in [0.25, 0.3) is 0 Å². The quantitative estimate of drug-likeness (QED) is 0.0563. The average molecular weight is 575 g/mol. The maximum Gasteiger partial charge on any atom is 0.521 e. The van der Waals surface area contributed by atoms with Gasteiger partial charge in [-0.05, 0) is 32.1 Å². The van der Waals surface area contributed by atoms with Crippen molar-refractivity contribution in [2.75, 3.05) is 6.61 Å². The van der Waals surface area contributed by atoms with E-state index >= 15 is 0 Å². The highest BCUT2D eigenvalue weighted by molar-refractivity contribution is 5.87. The number of allylic oxidation sites excluding steroid dienone is 2. The molecule has 0 spiro atoms. The van der Waals surface area contributed by atoms with E-state index in [4.69, 9.17) is 0 Å². The molecule has 13 nitrogen and oxygen atoms in total. The Balaban J connectivity index is 2.48. The number of rotatable bonds is 17. The first-order chi connectivity index (χ1) is 19.0. The smallest absolute Gasteiger partial charge is 0.393 e. The molecule has 0 amide bonds. The summed E-state index contributed by atoms with van der Waals surface area (Å²) < 4.78 is 21.7. The molecule has 3 N–H and O–H groups in total. The summed E-state index contributed by atoms with van der Waals surface area (Å²) >= 11 is 0. The molecule has 13 heteroatoms. The van der Waals surface area contributed by atoms with Crippen molar-refractivity contribution >= 4 is 30.2 Å². The largest absolute Gasteiger partial charge is 0.521 e. The lowest BCUT2D eigenvalue weighted by molar-refractivity contribution is -0.446. The van der Waals surface area contributed by atoms with Gasteiger partial charge in [0.15, 0.2) is 0 Å². The van der Waals surface area contributed by atoms with Crippen LogP contribution in [0.4, 0.5) is 9.59 Å². The fraction of sp³-hybridized carbons (Fsp3) is 0.741. The van der Waals surface area contributed by atoms with Crippen molar-refractivity contribution in [2.24, 2.45) is 0 Å². The highest BCUT2D eigenvalue weighted by atomic mass is 16.9. The van der Waals surface area contributed by atoms with Crippen LogP contribution in [0.1, 0.15) is 110 Å². The Bertz CT molecular complexity index is 855. The zero-order chi connectivity index (χ0) is 29.9. The van der Waals surface area contributed by atoms with Gasteiger partial charge in [0, 0.05) is 6.42 Å². The SMILES string of the molecule is CCCCCCCC/C=C\CCCCCCCC(=O)OC1(O)OC(=O)OC(=O)CCC(=O)OC(=O)OC1(O)CO. The number of aliphatic hydroxyl groups is 3. The molecule has 2 unspecified atom stereocenters. The predicted octanol–water partition coefficient (Wildman–Crippen LogP) is 4.05. The van der Waals surface area contributed by atoms with Gasteiger partial charge in [0.1, 0.15) is 6.61 Å². The van der Waals surface area contributed by atoms with Crippen LogP contribution < -0.4 is 0 Å². The molecule has 1 aliphatic rings. The number of carbonyl (C=O) groups is 5. The van der Waals surface area contributed by atoms with Crippen LogP contribution in [0.2, 0.25) is 0 Å². The predicted molar refractivity (Wildman–Crippen MR) is 137 cm³/mol. The third-order valence-corrected chi connectivity index (χ3v) is 6.00. The summed E-state index contributed by atoms with van der Waals surface area (Å²) in [6, 6.07) is 0. The molecule has 0 aromatic heterocycles. The zero-order valence-corrected chi connectivity index (χ0v) is 23.1. The van der Waals surface area contributed by atoms with Crippen molar-refractivity contribution in [3.63, 3.8) is 0 Å². The Morgan fingerprint density at radius 2 is 1.25 bits per heavy atom. The minimum atomic E-state index is -3.85. The van der Waals surface area contributed by atoms with Gasteiger partial charge in [0.2, 0.25) is 0 Å². The van der Waals surface area contributed by atoms with E-state index in [9.17, 15) is 39.3 Å². The van der Waals surface area contributed by atoms with E-state index in [0.29, 0.717) is 12.8 Å². The van der Waals surface area contributed by atoms with Crippen molar-refractivity contribution in [1.82, 2.24) is 0 Å². The molecule has 40 heavy (non-hydrogen) atoms. The number of hydrogen-bond acceptors (Lipinski definition) is 13. The van der Waals surface area contributed by atoms with Gasteiger partial charge in [-0.1, -0.05) is 70.4 Å². The van der Waals surface area contributed by atoms with Gasteiger partial charge in [-0.25, -0.2) is 9.59 Å². The summed E-state index contributed by atoms with van der Waals surface area (Å²) in [4.78, 5) is 59.2. The van der Waals surface area contributed by atoms with E-state index in [2.05, 4.69) is 42.8 Å². The number of ether oxygens (including phenoxy) is 5. The molecule has 1 heterocycles. The van der Waals surface area contributed by atoms with Crippen LogP contribution >= 0.6 is 0 Å². The van der Waals surface area contributed by atoms with Gasteiger partial charge >= 0.3 is 42.0 Å². The summed E-state index contributed by atoms with van der Waals surface area (Å²) in [6.07, 6.45) is 12.1. The molecule has 1 rings (SSSR count). The van der Waals surface area contributed by atoms with E-state index < -0.39 is 61.4 Å². The van der Waals surface area contributed by atoms with Crippen LogP contribution in [0.3, 0.4) is 0 Å². The molecular weight excluding hydrogens is 532 g/mol. The summed E-state index contributed by atoms with van der Waals surface area (Å²) in [5, 5.41) is 30.6. The Hall–Kier alpha value is -3.03. The van der Waals surface area contributed by atoms with Gasteiger partial charge in [0.05, 0.1) is 12.8 Å². The average Bonchev–Trinajstić information content (AvgIpc) is 2.88. The van der Waals surface area contributed by atoms with Crippen molar-refractivity contribution in [2.45, 2.75) is 121 Å². The van der Waals surface area contributed by atoms with Crippen molar-refractivity contribution in [3.05, 3.63) is 12.2 Å². The summed E-state index contributed by atoms with van der Waals surface area (Å²) in [5.74, 6) is -11.3. The maximum atomic E-state index is 12.3. The first kappa shape index (κ1) is 35.0. The minimum Gasteiger partial charge on any atom is -0.393 e. The molecule has 0 aromatic carbocycles. The van der Waals surface area contributed by atoms with Crippen LogP contribution in [0, 0.1) is 0 Å². The lowest BCUT2D eigenvalue weighted by Crippen LogP contribution is -2.64. The standard InChI is InChI=1S/C27H42O13/c1-2-3-4-5-6-7-8-9-10-11-12-13-14-15-16-17-23(31)38-27(35)26(34,20-28)39-24(32)36-21(29)18-19-22(30)37-25(33)40-27/h9-10,28,34-35H,2-8,11-20H2,1H3/b10-9-. The fourth-order valence-electron chi connectivity index (χ4n) is 3.71. The third-order valence-electron chi connectivity index (χ3n) is 6.00. The Kier molecular flexibility index (Phi) is 16.7. The molecule has 0 bridgehead atoms. The zero-order valence-electron chi connectivity index (χ0n) is 23.1. The molecule has 228 valence electrons. The van der Waals surface area contributed by atoms with E-state index in [1.807, 2.05) is 0 Å². The van der Waals surface area contributed by atoms with Crippen molar-refractivity contribution in [1.29, 1.82) is 0 Å². The summed E-state index contributed by atoms with van der Waals surface area (Å²) in [6.45, 7) is 0.518. The van der Waals surface area contributed by atoms with Crippen LogP contribution in [-0.2, 0) is 38.1 Å². The third kappa shape index (κ3) is 13.9. The minimum absolute atomic E-state index is 0.303. The number of carbonyl (C=O) groups excluding carboxylic acids is 5. The normalized spacial score (nSPS) is 22.5. The van der Waals surface area contributed by atoms with Gasteiger partial charge in [-0.2, -0.15) is 0 Å². The second kappa shape index (κ2) is 19.1. The molecule has 0 saturated carbocycles. The van der Waals surface area contributed by atoms with Crippen molar-refractivity contribution < 1.29 is 63.0 Å². The number of hydrogen-bond donors (Lipinski definition) is 3. The van der Waals surface area contributed by atoms with Crippen LogP contribution in [0.15, 0.2) is 12.2 Å². The number of esters is 3. The van der Waals surface area contributed by atoms with Crippen molar-refractivity contribution in [3.8, 4) is 0 Å². The summed E-state index contributed by atoms with van der Waals surface area (Å²) in [5.41, 5.74) is 0. The second-order valence-electron chi connectivity index (χ2n) is 9.48. The number of cyclic esters (lactones) is 6. The fourth-order valence-corrected chi connectivity index (χ4v) is 3.71. The van der Waals surface area contributed by atoms with E-state index in [-0.39, 0.29) is 6.42 Å². The monoisotopic (exact) mass is 574 g/mol. The topological polar surface area (TPSA) is 192 Å². The van der Waals surface area contributed by atoms with Crippen LogP contribution in [0.5, 0.6) is 0 Å². The number of unbranched alkanes of at least 4 members (excludes halogenated alkanes) is 11. The summed E-state index contributed by atoms with van der Waals surface area (Å²) in [7, 11) is 0. The number of aliphatic hydroxyl groups excluding tert-OH is 1. The molecule has 1 saturated heterocycles. The Morgan fingerprint density at radius 1 is 0.775 bits per heavy atom. The van der Waals surface area contributed by atoms with Gasteiger partial charge in [-0.3, -0.25) is 14.4 Å². The molecule has 2 atom stereocenters. The lowest BCUT2D eigenvalue weighted by atomic mass is 10.1. The lowest BCUT2D eigenvalue weighted by Gasteiger charge is -2.37. The maximum absolute atomic E-state index is 12.3. The van der Waals surface area contributed by atoms with E-state index in [0.717, 1.165) is 32.1 Å². The second-order valence-corrected chi connectivity index (χ2v) is 9.48. The first-order valence-corrected chi connectivity index (χ1v) is 13.8. The van der Waals surface area contributed by atoms with E-state index in [1.54, 1.807) is 0 Å². The van der Waals surface area contributed by atoms with Crippen LogP contribution in [0.25, 0.3) is 0 Å². The molecule has 1 aliphatic heterocycles. The molecular formula is C27H42O13. The van der Waals surface area contributed by atoms with Crippen LogP contribution in [-0.4, -0.2) is 63.9 Å². The first-order valence-electron chi connectivity index (χ1n) is 13.8. The molecule has 0 radical (unpaired) electrons.